The number of aliphatic hydroxyl groups excluding tert-OH is 1. The second-order valence-corrected chi connectivity index (χ2v) is 3.97. The van der Waals surface area contributed by atoms with Crippen LogP contribution in [0.1, 0.15) is 17.5 Å². The minimum Gasteiger partial charge on any atom is -0.508 e. The molecule has 3 nitrogen and oxygen atoms in total. The van der Waals surface area contributed by atoms with Gasteiger partial charge >= 0.3 is 0 Å². The van der Waals surface area contributed by atoms with Crippen LogP contribution in [-0.2, 0) is 12.8 Å². The molecule has 0 saturated carbocycles. The maximum atomic E-state index is 9.89. The zero-order chi connectivity index (χ0) is 10.2. The van der Waals surface area contributed by atoms with Crippen LogP contribution in [0, 0.1) is 0 Å². The largest absolute Gasteiger partial charge is 0.508 e. The van der Waals surface area contributed by atoms with Gasteiger partial charge in [-0.05, 0) is 30.0 Å². The van der Waals surface area contributed by atoms with Crippen molar-refractivity contribution in [2.24, 2.45) is 0 Å². The Morgan fingerprint density at radius 2 is 2.14 bits per heavy atom. The van der Waals surface area contributed by atoms with Gasteiger partial charge in [-0.2, -0.15) is 0 Å². The van der Waals surface area contributed by atoms with Gasteiger partial charge in [-0.1, -0.05) is 12.1 Å². The van der Waals surface area contributed by atoms with Crippen molar-refractivity contribution < 1.29 is 15.3 Å². The fraction of sp³-hybridized carbons (Fsp3) is 0.455. The Labute approximate surface area is 82.6 Å². The van der Waals surface area contributed by atoms with E-state index in [9.17, 15) is 10.2 Å². The molecule has 0 amide bonds. The number of aromatic hydroxyl groups is 1. The molecule has 0 fully saturated rings. The molecule has 2 rings (SSSR count). The van der Waals surface area contributed by atoms with Gasteiger partial charge in [-0.25, -0.2) is 0 Å². The molecule has 0 spiro atoms. The fourth-order valence-corrected chi connectivity index (χ4v) is 1.98. The second kappa shape index (κ2) is 3.26. The number of fused-ring (bicyclic) bond motifs is 1. The molecular weight excluding hydrogens is 180 g/mol. The van der Waals surface area contributed by atoms with E-state index in [4.69, 9.17) is 5.11 Å². The zero-order valence-corrected chi connectivity index (χ0v) is 7.90. The van der Waals surface area contributed by atoms with Crippen LogP contribution in [0.3, 0.4) is 0 Å². The Balaban J connectivity index is 2.38. The minimum atomic E-state index is -1.05. The first kappa shape index (κ1) is 9.49. The van der Waals surface area contributed by atoms with Gasteiger partial charge in [0, 0.05) is 6.42 Å². The molecule has 1 aliphatic rings. The van der Waals surface area contributed by atoms with E-state index in [0.717, 1.165) is 11.1 Å². The molecule has 1 aromatic carbocycles. The van der Waals surface area contributed by atoms with Gasteiger partial charge in [0.25, 0.3) is 0 Å². The average Bonchev–Trinajstić information content (AvgIpc) is 2.20. The first-order valence-electron chi connectivity index (χ1n) is 4.78. The van der Waals surface area contributed by atoms with Crippen molar-refractivity contribution in [3.8, 4) is 5.75 Å². The molecule has 0 aromatic heterocycles. The summed E-state index contributed by atoms with van der Waals surface area (Å²) in [6.45, 7) is -0.249. The third-order valence-electron chi connectivity index (χ3n) is 2.91. The second-order valence-electron chi connectivity index (χ2n) is 3.97. The van der Waals surface area contributed by atoms with Crippen molar-refractivity contribution in [2.75, 3.05) is 6.61 Å². The summed E-state index contributed by atoms with van der Waals surface area (Å²) in [5, 5.41) is 28.5. The predicted octanol–water partition coefficient (Wildman–Crippen LogP) is 0.604. The van der Waals surface area contributed by atoms with E-state index in [0.29, 0.717) is 19.3 Å². The Kier molecular flexibility index (Phi) is 2.21. The van der Waals surface area contributed by atoms with Crippen molar-refractivity contribution in [1.82, 2.24) is 0 Å². The third kappa shape index (κ3) is 1.49. The highest BCUT2D eigenvalue weighted by Gasteiger charge is 2.32. The molecule has 14 heavy (non-hydrogen) atoms. The summed E-state index contributed by atoms with van der Waals surface area (Å²) in [4.78, 5) is 0. The van der Waals surface area contributed by atoms with Crippen molar-refractivity contribution in [2.45, 2.75) is 24.9 Å². The number of aliphatic hydroxyl groups is 2. The van der Waals surface area contributed by atoms with Gasteiger partial charge in [-0.3, -0.25) is 0 Å². The van der Waals surface area contributed by atoms with Crippen LogP contribution in [0.2, 0.25) is 0 Å². The molecule has 0 saturated heterocycles. The van der Waals surface area contributed by atoms with E-state index < -0.39 is 5.60 Å². The molecule has 0 aliphatic heterocycles. The SMILES string of the molecule is OCC1(O)CCc2cccc(O)c2C1. The number of benzene rings is 1. The summed E-state index contributed by atoms with van der Waals surface area (Å²) in [6, 6.07) is 5.37. The molecule has 76 valence electrons. The minimum absolute atomic E-state index is 0.217. The first-order valence-corrected chi connectivity index (χ1v) is 4.78. The lowest BCUT2D eigenvalue weighted by atomic mass is 9.80. The Hall–Kier alpha value is -1.06. The van der Waals surface area contributed by atoms with Gasteiger partial charge < -0.3 is 15.3 Å². The molecular formula is C11H14O3. The number of rotatable bonds is 1. The molecule has 1 atom stereocenters. The molecule has 0 radical (unpaired) electrons. The Morgan fingerprint density at radius 3 is 2.86 bits per heavy atom. The molecule has 1 aromatic rings. The first-order chi connectivity index (χ1) is 6.64. The van der Waals surface area contributed by atoms with E-state index in [1.165, 1.54) is 0 Å². The number of phenolic OH excluding ortho intramolecular Hbond substituents is 1. The summed E-state index contributed by atoms with van der Waals surface area (Å²) in [5.41, 5.74) is 0.796. The molecule has 0 bridgehead atoms. The monoisotopic (exact) mass is 194 g/mol. The molecule has 1 aliphatic carbocycles. The summed E-state index contributed by atoms with van der Waals surface area (Å²) in [6.07, 6.45) is 1.60. The Bertz CT molecular complexity index is 348. The smallest absolute Gasteiger partial charge is 0.119 e. The molecule has 1 unspecified atom stereocenters. The van der Waals surface area contributed by atoms with Crippen LogP contribution in [0.5, 0.6) is 5.75 Å². The summed E-state index contributed by atoms with van der Waals surface area (Å²) in [7, 11) is 0. The van der Waals surface area contributed by atoms with E-state index in [-0.39, 0.29) is 12.4 Å². The van der Waals surface area contributed by atoms with E-state index >= 15 is 0 Å². The van der Waals surface area contributed by atoms with Crippen molar-refractivity contribution in [1.29, 1.82) is 0 Å². The lowest BCUT2D eigenvalue weighted by Gasteiger charge is -2.32. The lowest BCUT2D eigenvalue weighted by Crippen LogP contribution is -2.39. The highest BCUT2D eigenvalue weighted by molar-refractivity contribution is 5.42. The van der Waals surface area contributed by atoms with Crippen molar-refractivity contribution in [3.63, 3.8) is 0 Å². The quantitative estimate of drug-likeness (QED) is 0.613. The zero-order valence-electron chi connectivity index (χ0n) is 7.90. The van der Waals surface area contributed by atoms with Gasteiger partial charge in [0.2, 0.25) is 0 Å². The summed E-state index contributed by atoms with van der Waals surface area (Å²) >= 11 is 0. The highest BCUT2D eigenvalue weighted by atomic mass is 16.3. The van der Waals surface area contributed by atoms with E-state index in [2.05, 4.69) is 0 Å². The van der Waals surface area contributed by atoms with Crippen molar-refractivity contribution >= 4 is 0 Å². The topological polar surface area (TPSA) is 60.7 Å². The summed E-state index contributed by atoms with van der Waals surface area (Å²) < 4.78 is 0. The van der Waals surface area contributed by atoms with E-state index in [1.807, 2.05) is 6.07 Å². The van der Waals surface area contributed by atoms with Gasteiger partial charge in [0.15, 0.2) is 0 Å². The highest BCUT2D eigenvalue weighted by Crippen LogP contribution is 2.33. The average molecular weight is 194 g/mol. The lowest BCUT2D eigenvalue weighted by molar-refractivity contribution is -0.0252. The van der Waals surface area contributed by atoms with Crippen molar-refractivity contribution in [3.05, 3.63) is 29.3 Å². The third-order valence-corrected chi connectivity index (χ3v) is 2.91. The van der Waals surface area contributed by atoms with Crippen LogP contribution in [0.15, 0.2) is 18.2 Å². The number of phenols is 1. The summed E-state index contributed by atoms with van der Waals surface area (Å²) in [5.74, 6) is 0.217. The van der Waals surface area contributed by atoms with Crippen LogP contribution in [0.4, 0.5) is 0 Å². The van der Waals surface area contributed by atoms with E-state index in [1.54, 1.807) is 12.1 Å². The van der Waals surface area contributed by atoms with Crippen LogP contribution < -0.4 is 0 Å². The molecule has 3 N–H and O–H groups in total. The van der Waals surface area contributed by atoms with Crippen LogP contribution >= 0.6 is 0 Å². The maximum absolute atomic E-state index is 9.89. The molecule has 0 heterocycles. The van der Waals surface area contributed by atoms with Crippen LogP contribution in [-0.4, -0.2) is 27.5 Å². The number of hydrogen-bond acceptors (Lipinski definition) is 3. The number of aryl methyl sites for hydroxylation is 1. The van der Waals surface area contributed by atoms with Crippen LogP contribution in [0.25, 0.3) is 0 Å². The Morgan fingerprint density at radius 1 is 1.36 bits per heavy atom. The fourth-order valence-electron chi connectivity index (χ4n) is 1.98. The molecule has 3 heteroatoms. The van der Waals surface area contributed by atoms with Gasteiger partial charge in [0.1, 0.15) is 5.75 Å². The predicted molar refractivity (Wildman–Crippen MR) is 52.2 cm³/mol. The standard InChI is InChI=1S/C11H14O3/c12-7-11(14)5-4-8-2-1-3-10(13)9(8)6-11/h1-3,12-14H,4-7H2. The number of hydrogen-bond donors (Lipinski definition) is 3. The normalized spacial score (nSPS) is 25.9. The van der Waals surface area contributed by atoms with Gasteiger partial charge in [-0.15, -0.1) is 0 Å². The van der Waals surface area contributed by atoms with Gasteiger partial charge in [0.05, 0.1) is 12.2 Å². The maximum Gasteiger partial charge on any atom is 0.119 e.